The van der Waals surface area contributed by atoms with E-state index in [1.165, 1.54) is 10.7 Å². The molecule has 0 bridgehead atoms. The van der Waals surface area contributed by atoms with Crippen molar-refractivity contribution in [2.75, 3.05) is 0 Å². The van der Waals surface area contributed by atoms with Crippen molar-refractivity contribution in [2.45, 2.75) is 6.43 Å². The molecule has 0 aliphatic rings. The molecule has 86 valence electrons. The summed E-state index contributed by atoms with van der Waals surface area (Å²) < 4.78 is 26.6. The van der Waals surface area contributed by atoms with Gasteiger partial charge >= 0.3 is 0 Å². The first-order valence-corrected chi connectivity index (χ1v) is 5.13. The smallest absolute Gasteiger partial charge is 0.279 e. The lowest BCUT2D eigenvalue weighted by molar-refractivity contribution is 0.145. The molecule has 1 heterocycles. The molecule has 0 saturated heterocycles. The zero-order valence-electron chi connectivity index (χ0n) is 8.52. The van der Waals surface area contributed by atoms with Crippen LogP contribution in [0.4, 0.5) is 8.78 Å². The van der Waals surface area contributed by atoms with Crippen LogP contribution in [0.2, 0.25) is 0 Å². The van der Waals surface area contributed by atoms with Crippen LogP contribution in [0, 0.1) is 16.0 Å². The maximum atomic E-state index is 12.5. The van der Waals surface area contributed by atoms with E-state index < -0.39 is 6.43 Å². The second kappa shape index (κ2) is 4.47. The Morgan fingerprint density at radius 1 is 1.29 bits per heavy atom. The highest BCUT2D eigenvalue weighted by atomic mass is 32.1. The van der Waals surface area contributed by atoms with E-state index in [1.54, 1.807) is 24.3 Å². The fraction of sp³-hybridized carbons (Fsp3) is 0.0909. The molecular formula is C11H7F2N3S. The summed E-state index contributed by atoms with van der Waals surface area (Å²) in [4.78, 5) is 0. The molecule has 0 unspecified atom stereocenters. The topological polar surface area (TPSA) is 44.5 Å². The monoisotopic (exact) mass is 251 g/mol. The summed E-state index contributed by atoms with van der Waals surface area (Å²) in [6, 6.07) is 9.67. The summed E-state index contributed by atoms with van der Waals surface area (Å²) >= 11 is 4.97. The standard InChI is InChI=1S/C11H7F2N3S/c12-11(13)9-5-10(17)16(15-9)8-3-1-7(6-14)2-4-8/h1-5,11,15H. The van der Waals surface area contributed by atoms with E-state index in [0.717, 1.165) is 0 Å². The SMILES string of the molecule is N#Cc1ccc(-n2[nH]c(C(F)F)cc2=S)cc1. The van der Waals surface area contributed by atoms with Crippen molar-refractivity contribution in [3.8, 4) is 11.8 Å². The van der Waals surface area contributed by atoms with Gasteiger partial charge in [0.05, 0.1) is 17.3 Å². The highest BCUT2D eigenvalue weighted by Crippen LogP contribution is 2.19. The summed E-state index contributed by atoms with van der Waals surface area (Å²) in [6.07, 6.45) is -2.59. The first kappa shape index (κ1) is 11.5. The zero-order chi connectivity index (χ0) is 12.4. The molecule has 0 aliphatic heterocycles. The summed E-state index contributed by atoms with van der Waals surface area (Å²) in [7, 11) is 0. The van der Waals surface area contributed by atoms with Gasteiger partial charge in [0, 0.05) is 6.07 Å². The predicted molar refractivity (Wildman–Crippen MR) is 60.6 cm³/mol. The Morgan fingerprint density at radius 2 is 1.94 bits per heavy atom. The molecule has 0 spiro atoms. The van der Waals surface area contributed by atoms with Crippen LogP contribution >= 0.6 is 12.2 Å². The van der Waals surface area contributed by atoms with Gasteiger partial charge in [0.25, 0.3) is 6.43 Å². The summed E-state index contributed by atoms with van der Waals surface area (Å²) in [5.74, 6) is 0. The Hall–Kier alpha value is -2.00. The highest BCUT2D eigenvalue weighted by Gasteiger charge is 2.11. The molecule has 0 aliphatic carbocycles. The van der Waals surface area contributed by atoms with E-state index in [2.05, 4.69) is 5.10 Å². The third-order valence-electron chi connectivity index (χ3n) is 2.23. The van der Waals surface area contributed by atoms with Crippen LogP contribution in [0.1, 0.15) is 17.7 Å². The minimum absolute atomic E-state index is 0.223. The molecule has 2 aromatic rings. The molecule has 0 radical (unpaired) electrons. The molecule has 0 fully saturated rings. The Balaban J connectivity index is 2.46. The van der Waals surface area contributed by atoms with Crippen LogP contribution in [-0.2, 0) is 0 Å². The fourth-order valence-electron chi connectivity index (χ4n) is 1.40. The van der Waals surface area contributed by atoms with E-state index in [4.69, 9.17) is 17.5 Å². The normalized spacial score (nSPS) is 10.5. The number of benzene rings is 1. The number of nitriles is 1. The lowest BCUT2D eigenvalue weighted by Crippen LogP contribution is -1.97. The molecule has 1 N–H and O–H groups in total. The molecule has 0 atom stereocenters. The van der Waals surface area contributed by atoms with Gasteiger partial charge in [-0.05, 0) is 24.3 Å². The van der Waals surface area contributed by atoms with Gasteiger partial charge in [-0.25, -0.2) is 13.5 Å². The number of alkyl halides is 2. The van der Waals surface area contributed by atoms with Gasteiger partial charge in [-0.3, -0.25) is 5.10 Å². The first-order chi connectivity index (χ1) is 8.11. The molecule has 0 saturated carbocycles. The molecule has 0 amide bonds. The maximum Gasteiger partial charge on any atom is 0.279 e. The van der Waals surface area contributed by atoms with E-state index in [9.17, 15) is 8.78 Å². The van der Waals surface area contributed by atoms with Gasteiger partial charge < -0.3 is 0 Å². The number of halogens is 2. The molecule has 17 heavy (non-hydrogen) atoms. The zero-order valence-corrected chi connectivity index (χ0v) is 9.34. The number of nitrogens with zero attached hydrogens (tertiary/aromatic N) is 2. The van der Waals surface area contributed by atoms with Crippen molar-refractivity contribution >= 4 is 12.2 Å². The lowest BCUT2D eigenvalue weighted by Gasteiger charge is -2.02. The van der Waals surface area contributed by atoms with Crippen LogP contribution in [0.25, 0.3) is 5.69 Å². The Labute approximate surface area is 101 Å². The van der Waals surface area contributed by atoms with Crippen LogP contribution < -0.4 is 0 Å². The van der Waals surface area contributed by atoms with Gasteiger partial charge in [0.1, 0.15) is 10.3 Å². The third-order valence-corrected chi connectivity index (χ3v) is 2.53. The number of nitrogens with one attached hydrogen (secondary N) is 1. The third kappa shape index (κ3) is 2.24. The van der Waals surface area contributed by atoms with Crippen LogP contribution in [-0.4, -0.2) is 9.78 Å². The van der Waals surface area contributed by atoms with Crippen LogP contribution in [0.15, 0.2) is 30.3 Å². The first-order valence-electron chi connectivity index (χ1n) is 4.72. The average Bonchev–Trinajstić information content (AvgIpc) is 2.72. The van der Waals surface area contributed by atoms with Crippen molar-refractivity contribution < 1.29 is 8.78 Å². The van der Waals surface area contributed by atoms with Crippen molar-refractivity contribution in [3.63, 3.8) is 0 Å². The lowest BCUT2D eigenvalue weighted by atomic mass is 10.2. The molecule has 1 aromatic carbocycles. The number of H-pyrrole nitrogens is 1. The van der Waals surface area contributed by atoms with E-state index >= 15 is 0 Å². The van der Waals surface area contributed by atoms with E-state index in [0.29, 0.717) is 11.3 Å². The molecule has 1 aromatic heterocycles. The molecule has 6 heteroatoms. The number of rotatable bonds is 2. The number of aromatic amines is 1. The van der Waals surface area contributed by atoms with Gasteiger partial charge in [-0.2, -0.15) is 5.26 Å². The highest BCUT2D eigenvalue weighted by molar-refractivity contribution is 7.71. The quantitative estimate of drug-likeness (QED) is 0.832. The van der Waals surface area contributed by atoms with E-state index in [-0.39, 0.29) is 10.3 Å². The van der Waals surface area contributed by atoms with Crippen molar-refractivity contribution in [1.29, 1.82) is 5.26 Å². The predicted octanol–water partition coefficient (Wildman–Crippen LogP) is 3.34. The summed E-state index contributed by atoms with van der Waals surface area (Å²) in [5.41, 5.74) is 0.890. The molecule has 3 nitrogen and oxygen atoms in total. The number of hydrogen-bond acceptors (Lipinski definition) is 2. The second-order valence-corrected chi connectivity index (χ2v) is 3.76. The second-order valence-electron chi connectivity index (χ2n) is 3.34. The summed E-state index contributed by atoms with van der Waals surface area (Å²) in [5, 5.41) is 11.2. The van der Waals surface area contributed by atoms with Crippen molar-refractivity contribution in [3.05, 3.63) is 46.2 Å². The Kier molecular flexibility index (Phi) is 3.02. The molecular weight excluding hydrogens is 244 g/mol. The summed E-state index contributed by atoms with van der Waals surface area (Å²) in [6.45, 7) is 0. The van der Waals surface area contributed by atoms with Gasteiger partial charge in [0.15, 0.2) is 0 Å². The van der Waals surface area contributed by atoms with Crippen LogP contribution in [0.5, 0.6) is 0 Å². The number of aromatic nitrogens is 2. The van der Waals surface area contributed by atoms with Gasteiger partial charge in [-0.15, -0.1) is 0 Å². The van der Waals surface area contributed by atoms with Gasteiger partial charge in [0.2, 0.25) is 0 Å². The Bertz CT molecular complexity index is 619. The fourth-order valence-corrected chi connectivity index (χ4v) is 1.68. The maximum absolute atomic E-state index is 12.5. The minimum Gasteiger partial charge on any atom is -0.291 e. The Morgan fingerprint density at radius 3 is 2.41 bits per heavy atom. The number of hydrogen-bond donors (Lipinski definition) is 1. The van der Waals surface area contributed by atoms with E-state index in [1.807, 2.05) is 6.07 Å². The van der Waals surface area contributed by atoms with Crippen molar-refractivity contribution in [1.82, 2.24) is 9.78 Å². The average molecular weight is 251 g/mol. The largest absolute Gasteiger partial charge is 0.291 e. The molecule has 2 rings (SSSR count). The van der Waals surface area contributed by atoms with Crippen LogP contribution in [0.3, 0.4) is 0 Å². The van der Waals surface area contributed by atoms with Crippen molar-refractivity contribution in [2.24, 2.45) is 0 Å². The van der Waals surface area contributed by atoms with Gasteiger partial charge in [-0.1, -0.05) is 12.2 Å². The minimum atomic E-state index is -2.59.